The summed E-state index contributed by atoms with van der Waals surface area (Å²) in [6.45, 7) is 0.361. The van der Waals surface area contributed by atoms with Crippen LogP contribution in [0.1, 0.15) is 5.56 Å². The minimum atomic E-state index is -0.242. The van der Waals surface area contributed by atoms with E-state index in [1.165, 1.54) is 18.0 Å². The van der Waals surface area contributed by atoms with Crippen LogP contribution in [0, 0.1) is 0 Å². The number of para-hydroxylation sites is 1. The first kappa shape index (κ1) is 21.2. The lowest BCUT2D eigenvalue weighted by molar-refractivity contribution is -0.113. The largest absolute Gasteiger partial charge is 0.310 e. The molecular weight excluding hydrogens is 460 g/mol. The number of carbonyl (C=O) groups is 1. The summed E-state index contributed by atoms with van der Waals surface area (Å²) in [6.07, 6.45) is 1.47. The van der Waals surface area contributed by atoms with E-state index in [4.69, 9.17) is 11.6 Å². The van der Waals surface area contributed by atoms with E-state index in [2.05, 4.69) is 20.5 Å². The fourth-order valence-corrected chi connectivity index (χ4v) is 4.35. The lowest BCUT2D eigenvalue weighted by atomic mass is 10.2. The number of hydrogen-bond acceptors (Lipinski definition) is 6. The number of hydrogen-bond donors (Lipinski definition) is 1. The highest BCUT2D eigenvalue weighted by Crippen LogP contribution is 2.22. The molecule has 0 aliphatic carbocycles. The SMILES string of the molecule is O=C(CSc1nnc2n(Cc3ccccc3)c(=O)c3ccccc3n12)Nc1ccc(Cl)cn1. The molecule has 3 aromatic heterocycles. The number of aromatic nitrogens is 5. The molecule has 10 heteroatoms. The molecule has 0 bridgehead atoms. The van der Waals surface area contributed by atoms with Crippen molar-refractivity contribution >= 4 is 51.8 Å². The van der Waals surface area contributed by atoms with Crippen molar-refractivity contribution in [1.82, 2.24) is 24.1 Å². The van der Waals surface area contributed by atoms with Crippen molar-refractivity contribution in [3.05, 3.63) is 93.9 Å². The number of carbonyl (C=O) groups excluding carboxylic acids is 1. The van der Waals surface area contributed by atoms with Crippen LogP contribution < -0.4 is 10.9 Å². The summed E-state index contributed by atoms with van der Waals surface area (Å²) in [7, 11) is 0. The molecular formula is C23H17ClN6O2S. The molecule has 0 atom stereocenters. The van der Waals surface area contributed by atoms with Gasteiger partial charge in [0.05, 0.1) is 28.2 Å². The number of thioether (sulfide) groups is 1. The van der Waals surface area contributed by atoms with Crippen LogP contribution in [0.15, 0.2) is 82.9 Å². The van der Waals surface area contributed by atoms with E-state index in [0.29, 0.717) is 39.2 Å². The van der Waals surface area contributed by atoms with Crippen molar-refractivity contribution < 1.29 is 4.79 Å². The molecule has 0 fully saturated rings. The topological polar surface area (TPSA) is 94.2 Å². The molecule has 1 N–H and O–H groups in total. The fourth-order valence-electron chi connectivity index (χ4n) is 3.49. The molecule has 1 amide bonds. The van der Waals surface area contributed by atoms with Crippen LogP contribution in [0.2, 0.25) is 5.02 Å². The van der Waals surface area contributed by atoms with Gasteiger partial charge >= 0.3 is 0 Å². The van der Waals surface area contributed by atoms with Gasteiger partial charge in [-0.2, -0.15) is 0 Å². The number of benzene rings is 2. The van der Waals surface area contributed by atoms with E-state index in [9.17, 15) is 9.59 Å². The third kappa shape index (κ3) is 4.33. The first-order valence-electron chi connectivity index (χ1n) is 10.0. The summed E-state index contributed by atoms with van der Waals surface area (Å²) in [6, 6.07) is 20.3. The second-order valence-electron chi connectivity index (χ2n) is 7.21. The number of halogens is 1. The van der Waals surface area contributed by atoms with Gasteiger partial charge in [-0.05, 0) is 29.8 Å². The van der Waals surface area contributed by atoms with Crippen molar-refractivity contribution in [3.8, 4) is 0 Å². The molecule has 0 radical (unpaired) electrons. The van der Waals surface area contributed by atoms with E-state index in [-0.39, 0.29) is 17.2 Å². The molecule has 0 unspecified atom stereocenters. The number of nitrogens with zero attached hydrogens (tertiary/aromatic N) is 5. The van der Waals surface area contributed by atoms with E-state index in [1.807, 2.05) is 52.9 Å². The second-order valence-corrected chi connectivity index (χ2v) is 8.59. The molecule has 33 heavy (non-hydrogen) atoms. The van der Waals surface area contributed by atoms with Gasteiger partial charge < -0.3 is 5.32 Å². The van der Waals surface area contributed by atoms with E-state index in [1.54, 1.807) is 22.8 Å². The predicted octanol–water partition coefficient (Wildman–Crippen LogP) is 3.87. The lowest BCUT2D eigenvalue weighted by Crippen LogP contribution is -2.24. The number of fused-ring (bicyclic) bond motifs is 3. The van der Waals surface area contributed by atoms with Crippen LogP contribution in [0.3, 0.4) is 0 Å². The first-order valence-corrected chi connectivity index (χ1v) is 11.4. The van der Waals surface area contributed by atoms with Gasteiger partial charge in [0.1, 0.15) is 5.82 Å². The summed E-state index contributed by atoms with van der Waals surface area (Å²) in [4.78, 5) is 29.8. The van der Waals surface area contributed by atoms with Gasteiger partial charge in [0.2, 0.25) is 11.7 Å². The highest BCUT2D eigenvalue weighted by Gasteiger charge is 2.18. The standard InChI is InChI=1S/C23H17ClN6O2S/c24-16-10-11-19(25-12-16)26-20(31)14-33-23-28-27-22-29(13-15-6-2-1-3-7-15)21(32)17-8-4-5-9-18(17)30(22)23/h1-12H,13-14H2,(H,25,26,31). The minimum absolute atomic E-state index is 0.0945. The van der Waals surface area contributed by atoms with Crippen molar-refractivity contribution in [2.24, 2.45) is 0 Å². The van der Waals surface area contributed by atoms with Gasteiger partial charge in [-0.1, -0.05) is 65.8 Å². The van der Waals surface area contributed by atoms with Gasteiger partial charge in [0, 0.05) is 6.20 Å². The van der Waals surface area contributed by atoms with Crippen molar-refractivity contribution in [2.45, 2.75) is 11.7 Å². The zero-order valence-corrected chi connectivity index (χ0v) is 18.8. The molecule has 0 aliphatic heterocycles. The minimum Gasteiger partial charge on any atom is -0.310 e. The first-order chi connectivity index (χ1) is 16.1. The number of rotatable bonds is 6. The van der Waals surface area contributed by atoms with Crippen LogP contribution in [0.25, 0.3) is 16.7 Å². The molecule has 0 spiro atoms. The fraction of sp³-hybridized carbons (Fsp3) is 0.0870. The normalized spacial score (nSPS) is 11.2. The van der Waals surface area contributed by atoms with Crippen LogP contribution in [-0.4, -0.2) is 35.8 Å². The summed E-state index contributed by atoms with van der Waals surface area (Å²) < 4.78 is 3.42. The number of anilines is 1. The van der Waals surface area contributed by atoms with E-state index >= 15 is 0 Å². The Hall–Kier alpha value is -3.69. The van der Waals surface area contributed by atoms with Crippen molar-refractivity contribution in [1.29, 1.82) is 0 Å². The second kappa shape index (κ2) is 9.05. The summed E-state index contributed by atoms with van der Waals surface area (Å²) in [5, 5.41) is 12.9. The summed E-state index contributed by atoms with van der Waals surface area (Å²) in [5.74, 6) is 0.689. The maximum atomic E-state index is 13.2. The van der Waals surface area contributed by atoms with Crippen LogP contribution >= 0.6 is 23.4 Å². The van der Waals surface area contributed by atoms with Crippen LogP contribution in [0.5, 0.6) is 0 Å². The predicted molar refractivity (Wildman–Crippen MR) is 129 cm³/mol. The molecule has 2 aromatic carbocycles. The zero-order chi connectivity index (χ0) is 22.8. The molecule has 5 aromatic rings. The molecule has 0 saturated heterocycles. The third-order valence-corrected chi connectivity index (χ3v) is 6.14. The molecule has 3 heterocycles. The van der Waals surface area contributed by atoms with Gasteiger partial charge in [-0.25, -0.2) is 4.98 Å². The Morgan fingerprint density at radius 3 is 2.58 bits per heavy atom. The molecule has 0 saturated carbocycles. The smallest absolute Gasteiger partial charge is 0.263 e. The molecule has 164 valence electrons. The average molecular weight is 477 g/mol. The summed E-state index contributed by atoms with van der Waals surface area (Å²) >= 11 is 7.06. The highest BCUT2D eigenvalue weighted by atomic mass is 35.5. The molecule has 5 rings (SSSR count). The Morgan fingerprint density at radius 1 is 1.00 bits per heavy atom. The van der Waals surface area contributed by atoms with Gasteiger partial charge in [0.25, 0.3) is 5.56 Å². The summed E-state index contributed by atoms with van der Waals surface area (Å²) in [5.41, 5.74) is 1.52. The van der Waals surface area contributed by atoms with Gasteiger partial charge in [-0.15, -0.1) is 10.2 Å². The van der Waals surface area contributed by atoms with Gasteiger partial charge in [0.15, 0.2) is 5.16 Å². The average Bonchev–Trinajstić information content (AvgIpc) is 3.27. The highest BCUT2D eigenvalue weighted by molar-refractivity contribution is 7.99. The number of pyridine rings is 1. The number of amides is 1. The van der Waals surface area contributed by atoms with Crippen LogP contribution in [-0.2, 0) is 11.3 Å². The third-order valence-electron chi connectivity index (χ3n) is 4.99. The Bertz CT molecular complexity index is 1520. The van der Waals surface area contributed by atoms with E-state index < -0.39 is 0 Å². The Balaban J connectivity index is 1.49. The van der Waals surface area contributed by atoms with Crippen LogP contribution in [0.4, 0.5) is 5.82 Å². The Kier molecular flexibility index (Phi) is 5.80. The quantitative estimate of drug-likeness (QED) is 0.374. The lowest BCUT2D eigenvalue weighted by Gasteiger charge is -2.11. The van der Waals surface area contributed by atoms with Crippen molar-refractivity contribution in [2.75, 3.05) is 11.1 Å². The van der Waals surface area contributed by atoms with Gasteiger partial charge in [-0.3, -0.25) is 18.6 Å². The number of nitrogens with one attached hydrogen (secondary N) is 1. The molecule has 0 aliphatic rings. The maximum Gasteiger partial charge on any atom is 0.263 e. The Labute approximate surface area is 197 Å². The maximum absolute atomic E-state index is 13.2. The monoisotopic (exact) mass is 476 g/mol. The Morgan fingerprint density at radius 2 is 1.79 bits per heavy atom. The molecule has 8 nitrogen and oxygen atoms in total. The zero-order valence-electron chi connectivity index (χ0n) is 17.2. The van der Waals surface area contributed by atoms with Crippen molar-refractivity contribution in [3.63, 3.8) is 0 Å². The van der Waals surface area contributed by atoms with E-state index in [0.717, 1.165) is 5.56 Å².